The fraction of sp³-hybridized carbons (Fsp3) is 0.750. The Kier molecular flexibility index (Phi) is 4.82. The zero-order valence-electron chi connectivity index (χ0n) is 10.1. The average Bonchev–Trinajstić information content (AvgIpc) is 2.52. The maximum absolute atomic E-state index is 5.79. The molecule has 3 nitrogen and oxygen atoms in total. The van der Waals surface area contributed by atoms with Crippen molar-refractivity contribution in [3.63, 3.8) is 0 Å². The summed E-state index contributed by atoms with van der Waals surface area (Å²) in [6, 6.07) is 0.188. The van der Waals surface area contributed by atoms with Crippen molar-refractivity contribution in [1.29, 1.82) is 0 Å². The fourth-order valence-corrected chi connectivity index (χ4v) is 1.90. The van der Waals surface area contributed by atoms with E-state index in [9.17, 15) is 0 Å². The van der Waals surface area contributed by atoms with E-state index >= 15 is 0 Å². The summed E-state index contributed by atoms with van der Waals surface area (Å²) in [7, 11) is 0. The first-order chi connectivity index (χ1) is 7.13. The number of hydrogen-bond acceptors (Lipinski definition) is 2. The molecule has 1 rings (SSSR count). The van der Waals surface area contributed by atoms with Crippen LogP contribution in [0.15, 0.2) is 12.4 Å². The van der Waals surface area contributed by atoms with Crippen LogP contribution in [-0.4, -0.2) is 15.6 Å². The molecule has 15 heavy (non-hydrogen) atoms. The van der Waals surface area contributed by atoms with Gasteiger partial charge in [0.05, 0.1) is 0 Å². The topological polar surface area (TPSA) is 43.8 Å². The van der Waals surface area contributed by atoms with E-state index in [1.54, 1.807) is 0 Å². The molecule has 2 unspecified atom stereocenters. The molecule has 0 saturated carbocycles. The number of imidazole rings is 1. The minimum absolute atomic E-state index is 0.188. The van der Waals surface area contributed by atoms with Crippen molar-refractivity contribution >= 4 is 0 Å². The summed E-state index contributed by atoms with van der Waals surface area (Å²) in [4.78, 5) is 4.35. The van der Waals surface area contributed by atoms with E-state index in [1.165, 1.54) is 12.8 Å². The molecule has 0 radical (unpaired) electrons. The smallest absolute Gasteiger partial charge is 0.110 e. The molecular weight excluding hydrogens is 186 g/mol. The lowest BCUT2D eigenvalue weighted by Gasteiger charge is -2.14. The lowest BCUT2D eigenvalue weighted by Crippen LogP contribution is -2.21. The molecule has 0 aliphatic heterocycles. The third-order valence-corrected chi connectivity index (χ3v) is 2.60. The van der Waals surface area contributed by atoms with Gasteiger partial charge in [-0.1, -0.05) is 20.3 Å². The molecule has 2 N–H and O–H groups in total. The Bertz CT molecular complexity index is 278. The molecule has 3 heteroatoms. The molecule has 1 aromatic rings. The molecule has 0 fully saturated rings. The van der Waals surface area contributed by atoms with E-state index in [1.807, 2.05) is 13.1 Å². The zero-order chi connectivity index (χ0) is 11.3. The molecule has 0 amide bonds. The van der Waals surface area contributed by atoms with Crippen LogP contribution in [-0.2, 0) is 13.0 Å². The quantitative estimate of drug-likeness (QED) is 0.780. The summed E-state index contributed by atoms with van der Waals surface area (Å²) >= 11 is 0. The first-order valence-corrected chi connectivity index (χ1v) is 5.89. The van der Waals surface area contributed by atoms with Gasteiger partial charge in [0.2, 0.25) is 0 Å². The van der Waals surface area contributed by atoms with Crippen LogP contribution >= 0.6 is 0 Å². The number of nitrogens with zero attached hydrogens (tertiary/aromatic N) is 2. The largest absolute Gasteiger partial charge is 0.335 e. The highest BCUT2D eigenvalue weighted by molar-refractivity contribution is 4.94. The van der Waals surface area contributed by atoms with E-state index in [0.29, 0.717) is 0 Å². The predicted octanol–water partition coefficient (Wildman–Crippen LogP) is 2.21. The Labute approximate surface area is 92.7 Å². The van der Waals surface area contributed by atoms with Crippen LogP contribution in [0.5, 0.6) is 0 Å². The van der Waals surface area contributed by atoms with Gasteiger partial charge in [-0.3, -0.25) is 0 Å². The second kappa shape index (κ2) is 5.91. The molecule has 2 atom stereocenters. The Morgan fingerprint density at radius 2 is 2.20 bits per heavy atom. The van der Waals surface area contributed by atoms with Gasteiger partial charge in [0.15, 0.2) is 0 Å². The van der Waals surface area contributed by atoms with Crippen LogP contribution < -0.4 is 5.73 Å². The zero-order valence-corrected chi connectivity index (χ0v) is 10.1. The van der Waals surface area contributed by atoms with Crippen molar-refractivity contribution in [2.45, 2.75) is 52.6 Å². The Balaban J connectivity index is 2.56. The normalized spacial score (nSPS) is 15.2. The molecule has 0 aliphatic carbocycles. The van der Waals surface area contributed by atoms with Crippen molar-refractivity contribution in [1.82, 2.24) is 9.55 Å². The summed E-state index contributed by atoms with van der Waals surface area (Å²) in [5, 5.41) is 0. The van der Waals surface area contributed by atoms with E-state index in [2.05, 4.69) is 29.6 Å². The molecular formula is C12H23N3. The van der Waals surface area contributed by atoms with Crippen LogP contribution in [0.4, 0.5) is 0 Å². The van der Waals surface area contributed by atoms with Gasteiger partial charge in [-0.05, 0) is 19.3 Å². The van der Waals surface area contributed by atoms with E-state index < -0.39 is 0 Å². The average molecular weight is 209 g/mol. The molecule has 1 aromatic heterocycles. The van der Waals surface area contributed by atoms with Crippen molar-refractivity contribution in [2.75, 3.05) is 0 Å². The molecule has 0 saturated heterocycles. The summed E-state index contributed by atoms with van der Waals surface area (Å²) < 4.78 is 2.24. The molecule has 0 bridgehead atoms. The van der Waals surface area contributed by atoms with Gasteiger partial charge in [0.25, 0.3) is 0 Å². The van der Waals surface area contributed by atoms with Crippen molar-refractivity contribution < 1.29 is 0 Å². The van der Waals surface area contributed by atoms with Gasteiger partial charge < -0.3 is 10.3 Å². The maximum atomic E-state index is 5.79. The van der Waals surface area contributed by atoms with Crippen molar-refractivity contribution in [3.05, 3.63) is 18.2 Å². The van der Waals surface area contributed by atoms with Gasteiger partial charge in [-0.2, -0.15) is 0 Å². The first-order valence-electron chi connectivity index (χ1n) is 5.89. The van der Waals surface area contributed by atoms with Crippen LogP contribution in [0.1, 0.15) is 39.4 Å². The lowest BCUT2D eigenvalue weighted by molar-refractivity contribution is 0.434. The fourth-order valence-electron chi connectivity index (χ4n) is 1.90. The second-order valence-electron chi connectivity index (χ2n) is 4.57. The number of nitrogens with two attached hydrogens (primary N) is 1. The lowest BCUT2D eigenvalue weighted by atomic mass is 10.1. The highest BCUT2D eigenvalue weighted by Crippen LogP contribution is 2.10. The maximum Gasteiger partial charge on any atom is 0.110 e. The summed E-state index contributed by atoms with van der Waals surface area (Å²) in [6.07, 6.45) is 7.32. The van der Waals surface area contributed by atoms with Crippen LogP contribution in [0.25, 0.3) is 0 Å². The molecule has 86 valence electrons. The highest BCUT2D eigenvalue weighted by Gasteiger charge is 2.08. The molecule has 1 heterocycles. The minimum Gasteiger partial charge on any atom is -0.335 e. The van der Waals surface area contributed by atoms with E-state index in [0.717, 1.165) is 24.7 Å². The monoisotopic (exact) mass is 209 g/mol. The van der Waals surface area contributed by atoms with Gasteiger partial charge in [-0.15, -0.1) is 0 Å². The van der Waals surface area contributed by atoms with Gasteiger partial charge in [-0.25, -0.2) is 4.98 Å². The summed E-state index contributed by atoms with van der Waals surface area (Å²) in [5.74, 6) is 1.84. The second-order valence-corrected chi connectivity index (χ2v) is 4.57. The van der Waals surface area contributed by atoms with Crippen molar-refractivity contribution in [3.8, 4) is 0 Å². The first kappa shape index (κ1) is 12.2. The van der Waals surface area contributed by atoms with E-state index in [4.69, 9.17) is 5.73 Å². The third kappa shape index (κ3) is 4.04. The number of rotatable bonds is 6. The SMILES string of the molecule is CCCC(C)Cn1ccnc1CC(C)N. The third-order valence-electron chi connectivity index (χ3n) is 2.60. The van der Waals surface area contributed by atoms with Gasteiger partial charge in [0.1, 0.15) is 5.82 Å². The molecule has 0 spiro atoms. The Hall–Kier alpha value is -0.830. The Morgan fingerprint density at radius 1 is 1.47 bits per heavy atom. The van der Waals surface area contributed by atoms with E-state index in [-0.39, 0.29) is 6.04 Å². The number of aromatic nitrogens is 2. The van der Waals surface area contributed by atoms with Gasteiger partial charge in [0, 0.05) is 31.4 Å². The number of hydrogen-bond donors (Lipinski definition) is 1. The molecule has 0 aromatic carbocycles. The highest BCUT2D eigenvalue weighted by atomic mass is 15.1. The predicted molar refractivity (Wildman–Crippen MR) is 63.7 cm³/mol. The van der Waals surface area contributed by atoms with Crippen LogP contribution in [0.2, 0.25) is 0 Å². The minimum atomic E-state index is 0.188. The Morgan fingerprint density at radius 3 is 2.80 bits per heavy atom. The van der Waals surface area contributed by atoms with Gasteiger partial charge >= 0.3 is 0 Å². The van der Waals surface area contributed by atoms with Crippen LogP contribution in [0, 0.1) is 5.92 Å². The summed E-state index contributed by atoms with van der Waals surface area (Å²) in [5.41, 5.74) is 5.79. The van der Waals surface area contributed by atoms with Crippen LogP contribution in [0.3, 0.4) is 0 Å². The standard InChI is InChI=1S/C12H23N3/c1-4-5-10(2)9-15-7-6-14-12(15)8-11(3)13/h6-7,10-11H,4-5,8-9,13H2,1-3H3. The molecule has 0 aliphatic rings. The van der Waals surface area contributed by atoms with Crippen molar-refractivity contribution in [2.24, 2.45) is 11.7 Å². The summed E-state index contributed by atoms with van der Waals surface area (Å²) in [6.45, 7) is 7.61.